The maximum atomic E-state index is 12.3. The molecule has 1 aromatic carbocycles. The first-order valence-electron chi connectivity index (χ1n) is 7.11. The van der Waals surface area contributed by atoms with Crippen LogP contribution in [0.4, 0.5) is 18.9 Å². The number of nitrogens with zero attached hydrogens (tertiary/aromatic N) is 2. The maximum Gasteiger partial charge on any atom is 0.406 e. The molecule has 0 saturated carbocycles. The lowest BCUT2D eigenvalue weighted by Gasteiger charge is -2.11. The Hall–Kier alpha value is -2.75. The third-order valence-corrected chi connectivity index (χ3v) is 3.53. The summed E-state index contributed by atoms with van der Waals surface area (Å²) in [4.78, 5) is 35.5. The zero-order valence-electron chi connectivity index (χ0n) is 13.3. The minimum Gasteiger partial charge on any atom is -0.495 e. The Bertz CT molecular complexity index is 937. The highest BCUT2D eigenvalue weighted by Crippen LogP contribution is 2.27. The van der Waals surface area contributed by atoms with Crippen molar-refractivity contribution in [2.45, 2.75) is 19.3 Å². The summed E-state index contributed by atoms with van der Waals surface area (Å²) in [6, 6.07) is 4.44. The van der Waals surface area contributed by atoms with Crippen molar-refractivity contribution in [3.63, 3.8) is 0 Å². The predicted molar refractivity (Wildman–Crippen MR) is 87.7 cm³/mol. The van der Waals surface area contributed by atoms with Crippen LogP contribution in [0.5, 0.6) is 5.75 Å². The minimum absolute atomic E-state index is 0.236. The van der Waals surface area contributed by atoms with E-state index in [0.29, 0.717) is 11.4 Å². The summed E-state index contributed by atoms with van der Waals surface area (Å²) in [6.07, 6.45) is -2.90. The van der Waals surface area contributed by atoms with E-state index in [2.05, 4.69) is 5.32 Å². The Balaban J connectivity index is 2.14. The number of hydrogen-bond acceptors (Lipinski definition) is 4. The first kappa shape index (κ1) is 19.6. The molecule has 26 heavy (non-hydrogen) atoms. The van der Waals surface area contributed by atoms with Crippen molar-refractivity contribution in [3.8, 4) is 5.75 Å². The molecule has 0 unspecified atom stereocenters. The molecule has 0 saturated heterocycles. The Morgan fingerprint density at radius 1 is 1.19 bits per heavy atom. The fourth-order valence-electron chi connectivity index (χ4n) is 2.08. The molecule has 1 heterocycles. The van der Waals surface area contributed by atoms with Crippen LogP contribution < -0.4 is 21.2 Å². The molecule has 0 spiro atoms. The van der Waals surface area contributed by atoms with Gasteiger partial charge in [0.05, 0.1) is 12.1 Å². The van der Waals surface area contributed by atoms with Gasteiger partial charge in [-0.1, -0.05) is 11.6 Å². The number of rotatable bonds is 5. The van der Waals surface area contributed by atoms with Gasteiger partial charge in [0.1, 0.15) is 18.8 Å². The Morgan fingerprint density at radius 3 is 2.38 bits per heavy atom. The van der Waals surface area contributed by atoms with Crippen molar-refractivity contribution in [3.05, 3.63) is 56.3 Å². The first-order valence-corrected chi connectivity index (χ1v) is 7.48. The standard InChI is InChI=1S/C15H13ClF3N3O4/c1-26-11-3-2-9(6-10(11)16)20-12(23)7-21-4-5-22(8-15(17,18)19)14(25)13(21)24/h2-6H,7-8H2,1H3,(H,20,23). The van der Waals surface area contributed by atoms with E-state index >= 15 is 0 Å². The summed E-state index contributed by atoms with van der Waals surface area (Å²) < 4.78 is 42.9. The van der Waals surface area contributed by atoms with E-state index in [0.717, 1.165) is 17.0 Å². The summed E-state index contributed by atoms with van der Waals surface area (Å²) in [6.45, 7) is -2.14. The second kappa shape index (κ2) is 7.65. The SMILES string of the molecule is COc1ccc(NC(=O)Cn2ccn(CC(F)(F)F)c(=O)c2=O)cc1Cl. The van der Waals surface area contributed by atoms with Crippen LogP contribution in [0.2, 0.25) is 5.02 Å². The molecule has 0 radical (unpaired) electrons. The molecule has 1 N–H and O–H groups in total. The smallest absolute Gasteiger partial charge is 0.406 e. The fourth-order valence-corrected chi connectivity index (χ4v) is 2.34. The van der Waals surface area contributed by atoms with Gasteiger partial charge in [0, 0.05) is 18.1 Å². The molecule has 2 aromatic rings. The van der Waals surface area contributed by atoms with Crippen LogP contribution in [0.25, 0.3) is 0 Å². The molecule has 7 nitrogen and oxygen atoms in total. The van der Waals surface area contributed by atoms with E-state index in [1.54, 1.807) is 0 Å². The zero-order chi connectivity index (χ0) is 19.5. The van der Waals surface area contributed by atoms with E-state index in [1.165, 1.54) is 25.3 Å². The maximum absolute atomic E-state index is 12.3. The van der Waals surface area contributed by atoms with Gasteiger partial charge in [0.25, 0.3) is 0 Å². The van der Waals surface area contributed by atoms with Gasteiger partial charge in [-0.2, -0.15) is 13.2 Å². The minimum atomic E-state index is -4.65. The van der Waals surface area contributed by atoms with Crippen molar-refractivity contribution >= 4 is 23.2 Å². The molecule has 11 heteroatoms. The second-order valence-corrected chi connectivity index (χ2v) is 5.58. The first-order chi connectivity index (χ1) is 12.1. The average molecular weight is 392 g/mol. The highest BCUT2D eigenvalue weighted by Gasteiger charge is 2.28. The number of amides is 1. The van der Waals surface area contributed by atoms with Crippen LogP contribution in [0.3, 0.4) is 0 Å². The molecule has 0 aliphatic carbocycles. The number of carbonyl (C=O) groups is 1. The van der Waals surface area contributed by atoms with Crippen LogP contribution in [0, 0.1) is 0 Å². The Kier molecular flexibility index (Phi) is 5.76. The van der Waals surface area contributed by atoms with Gasteiger partial charge in [0.15, 0.2) is 0 Å². The molecule has 1 aromatic heterocycles. The fraction of sp³-hybridized carbons (Fsp3) is 0.267. The van der Waals surface area contributed by atoms with Crippen LogP contribution in [0.1, 0.15) is 0 Å². The molecule has 2 rings (SSSR count). The monoisotopic (exact) mass is 391 g/mol. The molecule has 0 aliphatic heterocycles. The summed E-state index contributed by atoms with van der Waals surface area (Å²) in [5, 5.41) is 2.70. The van der Waals surface area contributed by atoms with E-state index in [1.807, 2.05) is 0 Å². The number of nitrogens with one attached hydrogen (secondary N) is 1. The van der Waals surface area contributed by atoms with Gasteiger partial charge < -0.3 is 14.6 Å². The van der Waals surface area contributed by atoms with Crippen molar-refractivity contribution in [2.24, 2.45) is 0 Å². The lowest BCUT2D eigenvalue weighted by Crippen LogP contribution is -2.43. The molecule has 0 aliphatic rings. The van der Waals surface area contributed by atoms with Crippen LogP contribution in [-0.2, 0) is 17.9 Å². The number of hydrogen-bond donors (Lipinski definition) is 1. The number of benzene rings is 1. The third-order valence-electron chi connectivity index (χ3n) is 3.23. The highest BCUT2D eigenvalue weighted by molar-refractivity contribution is 6.32. The number of carbonyl (C=O) groups excluding carboxylic acids is 1. The number of anilines is 1. The summed E-state index contributed by atoms with van der Waals surface area (Å²) >= 11 is 5.92. The predicted octanol–water partition coefficient (Wildman–Crippen LogP) is 1.87. The number of aromatic nitrogens is 2. The normalized spacial score (nSPS) is 11.3. The number of methoxy groups -OCH3 is 1. The lowest BCUT2D eigenvalue weighted by atomic mass is 10.3. The van der Waals surface area contributed by atoms with Gasteiger partial charge in [-0.05, 0) is 18.2 Å². The third kappa shape index (κ3) is 4.88. The van der Waals surface area contributed by atoms with Crippen molar-refractivity contribution in [1.82, 2.24) is 9.13 Å². The van der Waals surface area contributed by atoms with Gasteiger partial charge >= 0.3 is 17.3 Å². The molecule has 0 atom stereocenters. The summed E-state index contributed by atoms with van der Waals surface area (Å²) in [5.74, 6) is -0.268. The van der Waals surface area contributed by atoms with E-state index in [4.69, 9.17) is 16.3 Å². The molecular formula is C15H13ClF3N3O4. The molecular weight excluding hydrogens is 379 g/mol. The zero-order valence-corrected chi connectivity index (χ0v) is 14.1. The highest BCUT2D eigenvalue weighted by atomic mass is 35.5. The number of ether oxygens (including phenoxy) is 1. The van der Waals surface area contributed by atoms with Crippen molar-refractivity contribution < 1.29 is 22.7 Å². The lowest BCUT2D eigenvalue weighted by molar-refractivity contribution is -0.141. The van der Waals surface area contributed by atoms with Gasteiger partial charge in [-0.25, -0.2) is 0 Å². The van der Waals surface area contributed by atoms with Crippen LogP contribution >= 0.6 is 11.6 Å². The Labute approximate surface area is 149 Å². The van der Waals surface area contributed by atoms with Crippen molar-refractivity contribution in [1.29, 1.82) is 0 Å². The van der Waals surface area contributed by atoms with E-state index in [-0.39, 0.29) is 9.59 Å². The quantitative estimate of drug-likeness (QED) is 0.789. The van der Waals surface area contributed by atoms with Gasteiger partial charge in [0.2, 0.25) is 5.91 Å². The van der Waals surface area contributed by atoms with Gasteiger partial charge in [-0.15, -0.1) is 0 Å². The van der Waals surface area contributed by atoms with Crippen LogP contribution in [0.15, 0.2) is 40.2 Å². The molecule has 140 valence electrons. The summed E-state index contributed by atoms with van der Waals surface area (Å²) in [5.41, 5.74) is -2.29. The largest absolute Gasteiger partial charge is 0.495 e. The van der Waals surface area contributed by atoms with Crippen LogP contribution in [-0.4, -0.2) is 28.3 Å². The Morgan fingerprint density at radius 2 is 1.81 bits per heavy atom. The molecule has 0 fully saturated rings. The summed E-state index contributed by atoms with van der Waals surface area (Å²) in [7, 11) is 1.42. The molecule has 0 bridgehead atoms. The molecule has 1 amide bonds. The van der Waals surface area contributed by atoms with Gasteiger partial charge in [-0.3, -0.25) is 19.0 Å². The second-order valence-electron chi connectivity index (χ2n) is 5.18. The van der Waals surface area contributed by atoms with Crippen molar-refractivity contribution in [2.75, 3.05) is 12.4 Å². The van der Waals surface area contributed by atoms with E-state index in [9.17, 15) is 27.6 Å². The topological polar surface area (TPSA) is 82.3 Å². The van der Waals surface area contributed by atoms with E-state index < -0.39 is 36.3 Å². The number of alkyl halides is 3. The average Bonchev–Trinajstić information content (AvgIpc) is 2.53. The number of halogens is 4.